The fraction of sp³-hybridized carbons (Fsp3) is 0.550. The highest BCUT2D eigenvalue weighted by atomic mass is 16.3. The Kier molecular flexibility index (Phi) is 6.10. The van der Waals surface area contributed by atoms with Crippen LogP contribution in [-0.2, 0) is 13.1 Å². The van der Waals surface area contributed by atoms with Gasteiger partial charge in [-0.15, -0.1) is 0 Å². The molecule has 5 heteroatoms. The van der Waals surface area contributed by atoms with Crippen molar-refractivity contribution in [3.63, 3.8) is 0 Å². The second-order valence-electron chi connectivity index (χ2n) is 7.18. The van der Waals surface area contributed by atoms with Crippen molar-refractivity contribution in [1.29, 1.82) is 0 Å². The zero-order valence-corrected chi connectivity index (χ0v) is 15.1. The number of aliphatic hydroxyl groups excluding tert-OH is 1. The minimum absolute atomic E-state index is 0.0136. The molecule has 3 rings (SSSR count). The second kappa shape index (κ2) is 8.50. The number of benzene rings is 1. The number of nitrogens with one attached hydrogen (secondary N) is 1. The van der Waals surface area contributed by atoms with Crippen LogP contribution in [0.3, 0.4) is 0 Å². The molecule has 0 bridgehead atoms. The molecule has 2 N–H and O–H groups in total. The average Bonchev–Trinajstić information content (AvgIpc) is 2.63. The van der Waals surface area contributed by atoms with Crippen molar-refractivity contribution in [3.05, 3.63) is 47.0 Å². The minimum Gasteiger partial charge on any atom is -0.393 e. The second-order valence-corrected chi connectivity index (χ2v) is 7.18. The molecule has 0 aliphatic carbocycles. The van der Waals surface area contributed by atoms with E-state index in [1.54, 1.807) is 0 Å². The van der Waals surface area contributed by atoms with Crippen LogP contribution in [0.25, 0.3) is 0 Å². The lowest BCUT2D eigenvalue weighted by Crippen LogP contribution is -2.42. The van der Waals surface area contributed by atoms with Crippen LogP contribution in [0.4, 0.5) is 4.79 Å². The minimum atomic E-state index is -0.145. The first kappa shape index (κ1) is 18.0. The molecule has 0 aromatic heterocycles. The van der Waals surface area contributed by atoms with Gasteiger partial charge in [0.2, 0.25) is 0 Å². The Bertz CT molecular complexity index is 621. The third-order valence-electron chi connectivity index (χ3n) is 5.22. The Balaban J connectivity index is 1.55. The Morgan fingerprint density at radius 3 is 2.60 bits per heavy atom. The summed E-state index contributed by atoms with van der Waals surface area (Å²) in [5, 5.41) is 12.7. The van der Waals surface area contributed by atoms with Gasteiger partial charge in [0.1, 0.15) is 0 Å². The van der Waals surface area contributed by atoms with E-state index in [0.29, 0.717) is 13.1 Å². The number of rotatable bonds is 4. The molecule has 1 fully saturated rings. The lowest BCUT2D eigenvalue weighted by Gasteiger charge is -2.30. The number of urea groups is 1. The summed E-state index contributed by atoms with van der Waals surface area (Å²) < 4.78 is 0. The maximum Gasteiger partial charge on any atom is 0.317 e. The molecular weight excluding hydrogens is 314 g/mol. The summed E-state index contributed by atoms with van der Waals surface area (Å²) in [4.78, 5) is 16.6. The molecule has 5 nitrogen and oxygen atoms in total. The first-order valence-electron chi connectivity index (χ1n) is 9.27. The van der Waals surface area contributed by atoms with Crippen molar-refractivity contribution < 1.29 is 9.90 Å². The third kappa shape index (κ3) is 5.06. The van der Waals surface area contributed by atoms with E-state index in [0.717, 1.165) is 45.4 Å². The van der Waals surface area contributed by atoms with Crippen LogP contribution in [0.15, 0.2) is 35.9 Å². The predicted molar refractivity (Wildman–Crippen MR) is 99.1 cm³/mol. The summed E-state index contributed by atoms with van der Waals surface area (Å²) in [6.45, 7) is 6.92. The monoisotopic (exact) mass is 343 g/mol. The topological polar surface area (TPSA) is 55.8 Å². The Morgan fingerprint density at radius 1 is 1.20 bits per heavy atom. The highest BCUT2D eigenvalue weighted by molar-refractivity contribution is 5.74. The SMILES string of the molecule is CC1=CCN(C(=O)NCc2ccccc2CN2CCC(O)CC2)CC1. The quantitative estimate of drug-likeness (QED) is 0.826. The summed E-state index contributed by atoms with van der Waals surface area (Å²) in [5.41, 5.74) is 3.79. The highest BCUT2D eigenvalue weighted by Gasteiger charge is 2.19. The highest BCUT2D eigenvalue weighted by Crippen LogP contribution is 2.17. The maximum absolute atomic E-state index is 12.4. The largest absolute Gasteiger partial charge is 0.393 e. The zero-order valence-electron chi connectivity index (χ0n) is 15.1. The van der Waals surface area contributed by atoms with Gasteiger partial charge in [-0.2, -0.15) is 0 Å². The van der Waals surface area contributed by atoms with Gasteiger partial charge in [-0.25, -0.2) is 4.79 Å². The van der Waals surface area contributed by atoms with Crippen LogP contribution in [0, 0.1) is 0 Å². The van der Waals surface area contributed by atoms with Gasteiger partial charge >= 0.3 is 6.03 Å². The molecule has 2 amide bonds. The zero-order chi connectivity index (χ0) is 17.6. The van der Waals surface area contributed by atoms with E-state index in [2.05, 4.69) is 41.4 Å². The van der Waals surface area contributed by atoms with Gasteiger partial charge in [-0.05, 0) is 37.3 Å². The van der Waals surface area contributed by atoms with Crippen molar-refractivity contribution in [2.75, 3.05) is 26.2 Å². The standard InChI is InChI=1S/C20H29N3O2/c1-16-6-12-23(13-7-16)20(25)21-14-17-4-2-3-5-18(17)15-22-10-8-19(24)9-11-22/h2-6,19,24H,7-15H2,1H3,(H,21,25). The number of piperidine rings is 1. The molecule has 1 aromatic rings. The first-order chi connectivity index (χ1) is 12.1. The van der Waals surface area contributed by atoms with Crippen molar-refractivity contribution in [2.24, 2.45) is 0 Å². The number of carbonyl (C=O) groups excluding carboxylic acids is 1. The van der Waals surface area contributed by atoms with E-state index in [4.69, 9.17) is 0 Å². The Hall–Kier alpha value is -1.85. The molecule has 25 heavy (non-hydrogen) atoms. The van der Waals surface area contributed by atoms with Gasteiger partial charge in [-0.1, -0.05) is 35.9 Å². The molecule has 0 atom stereocenters. The third-order valence-corrected chi connectivity index (χ3v) is 5.22. The predicted octanol–water partition coefficient (Wildman–Crippen LogP) is 2.50. The molecule has 1 saturated heterocycles. The van der Waals surface area contributed by atoms with Crippen LogP contribution >= 0.6 is 0 Å². The fourth-order valence-electron chi connectivity index (χ4n) is 3.44. The molecule has 0 radical (unpaired) electrons. The molecule has 0 unspecified atom stereocenters. The van der Waals surface area contributed by atoms with E-state index < -0.39 is 0 Å². The fourth-order valence-corrected chi connectivity index (χ4v) is 3.44. The van der Waals surface area contributed by atoms with E-state index in [9.17, 15) is 9.90 Å². The summed E-state index contributed by atoms with van der Waals surface area (Å²) in [5.74, 6) is 0. The first-order valence-corrected chi connectivity index (χ1v) is 9.27. The van der Waals surface area contributed by atoms with Crippen molar-refractivity contribution in [1.82, 2.24) is 15.1 Å². The van der Waals surface area contributed by atoms with Crippen LogP contribution in [0.5, 0.6) is 0 Å². The molecule has 0 spiro atoms. The van der Waals surface area contributed by atoms with E-state index in [1.807, 2.05) is 11.0 Å². The Labute approximate surface area is 150 Å². The summed E-state index contributed by atoms with van der Waals surface area (Å²) in [6, 6.07) is 8.32. The number of carbonyl (C=O) groups is 1. The molecule has 2 aliphatic heterocycles. The van der Waals surface area contributed by atoms with Gasteiger partial charge in [0.15, 0.2) is 0 Å². The van der Waals surface area contributed by atoms with Crippen molar-refractivity contribution in [2.45, 2.75) is 45.4 Å². The number of aliphatic hydroxyl groups is 1. The Morgan fingerprint density at radius 2 is 1.92 bits per heavy atom. The van der Waals surface area contributed by atoms with Gasteiger partial charge < -0.3 is 15.3 Å². The maximum atomic E-state index is 12.4. The van der Waals surface area contributed by atoms with Gasteiger partial charge in [0.05, 0.1) is 6.10 Å². The molecular formula is C20H29N3O2. The smallest absolute Gasteiger partial charge is 0.317 e. The van der Waals surface area contributed by atoms with Gasteiger partial charge in [0, 0.05) is 39.3 Å². The molecule has 2 heterocycles. The van der Waals surface area contributed by atoms with E-state index >= 15 is 0 Å². The van der Waals surface area contributed by atoms with Gasteiger partial charge in [0.25, 0.3) is 0 Å². The number of nitrogens with zero attached hydrogens (tertiary/aromatic N) is 2. The molecule has 0 saturated carbocycles. The van der Waals surface area contributed by atoms with E-state index in [-0.39, 0.29) is 12.1 Å². The number of hydrogen-bond acceptors (Lipinski definition) is 3. The molecule has 2 aliphatic rings. The number of hydrogen-bond donors (Lipinski definition) is 2. The van der Waals surface area contributed by atoms with Crippen LogP contribution in [-0.4, -0.2) is 53.2 Å². The van der Waals surface area contributed by atoms with Crippen LogP contribution in [0.1, 0.15) is 37.3 Å². The lowest BCUT2D eigenvalue weighted by molar-refractivity contribution is 0.0791. The molecule has 1 aromatic carbocycles. The molecule has 136 valence electrons. The van der Waals surface area contributed by atoms with Gasteiger partial charge in [-0.3, -0.25) is 4.90 Å². The summed E-state index contributed by atoms with van der Waals surface area (Å²) in [7, 11) is 0. The van der Waals surface area contributed by atoms with Crippen molar-refractivity contribution >= 4 is 6.03 Å². The van der Waals surface area contributed by atoms with Crippen molar-refractivity contribution in [3.8, 4) is 0 Å². The number of likely N-dealkylation sites (tertiary alicyclic amines) is 1. The normalized spacial score (nSPS) is 19.6. The van der Waals surface area contributed by atoms with E-state index in [1.165, 1.54) is 16.7 Å². The van der Waals surface area contributed by atoms with Crippen LogP contribution < -0.4 is 5.32 Å². The summed E-state index contributed by atoms with van der Waals surface area (Å²) >= 11 is 0. The lowest BCUT2D eigenvalue weighted by atomic mass is 10.0. The average molecular weight is 343 g/mol. The van der Waals surface area contributed by atoms with Crippen LogP contribution in [0.2, 0.25) is 0 Å². The number of amides is 2. The summed E-state index contributed by atoms with van der Waals surface area (Å²) in [6.07, 6.45) is 4.64.